The Morgan fingerprint density at radius 1 is 1.19 bits per heavy atom. The Labute approximate surface area is 184 Å². The normalized spacial score (nSPS) is 22.6. The fraction of sp³-hybridized carbons (Fsp3) is 0.636. The number of aromatic hydroxyl groups is 1. The van der Waals surface area contributed by atoms with E-state index in [1.54, 1.807) is 31.4 Å². The maximum absolute atomic E-state index is 12.7. The van der Waals surface area contributed by atoms with E-state index >= 15 is 0 Å². The van der Waals surface area contributed by atoms with Gasteiger partial charge in [0.05, 0.1) is 5.54 Å². The highest BCUT2D eigenvalue weighted by Crippen LogP contribution is 2.42. The molecule has 0 bridgehead atoms. The van der Waals surface area contributed by atoms with E-state index in [2.05, 4.69) is 4.90 Å². The van der Waals surface area contributed by atoms with Gasteiger partial charge in [-0.2, -0.15) is 13.2 Å². The largest absolute Gasteiger partial charge is 0.508 e. The van der Waals surface area contributed by atoms with Crippen molar-refractivity contribution in [3.05, 3.63) is 29.8 Å². The van der Waals surface area contributed by atoms with Crippen LogP contribution in [0.15, 0.2) is 24.3 Å². The fourth-order valence-electron chi connectivity index (χ4n) is 4.58. The number of halogens is 3. The molecule has 0 radical (unpaired) electrons. The van der Waals surface area contributed by atoms with E-state index in [1.165, 1.54) is 25.8 Å². The minimum atomic E-state index is -5.08. The second-order valence-corrected chi connectivity index (χ2v) is 8.94. The summed E-state index contributed by atoms with van der Waals surface area (Å²) in [5.41, 5.74) is 0.712. The number of carbonyl (C=O) groups is 2. The van der Waals surface area contributed by atoms with Crippen LogP contribution < -0.4 is 0 Å². The van der Waals surface area contributed by atoms with E-state index in [0.717, 1.165) is 38.6 Å². The SMILES string of the molecule is COCC1CCN(CC2CC2)C2(C1)CN(C(=O)c1cccc(O)c1)C2.O=C(O)C(F)(F)F. The molecule has 1 spiro atoms. The van der Waals surface area contributed by atoms with Crippen LogP contribution in [0.2, 0.25) is 0 Å². The second kappa shape index (κ2) is 9.66. The molecule has 3 aliphatic rings. The van der Waals surface area contributed by atoms with Crippen LogP contribution >= 0.6 is 0 Å². The first kappa shape index (κ1) is 24.3. The molecule has 1 aliphatic carbocycles. The number of alkyl halides is 3. The zero-order chi connectivity index (χ0) is 23.5. The molecule has 7 nitrogen and oxygen atoms in total. The van der Waals surface area contributed by atoms with Gasteiger partial charge in [-0.1, -0.05) is 6.07 Å². The van der Waals surface area contributed by atoms with Crippen molar-refractivity contribution in [2.24, 2.45) is 11.8 Å². The van der Waals surface area contributed by atoms with Crippen molar-refractivity contribution in [2.75, 3.05) is 39.9 Å². The third-order valence-corrected chi connectivity index (χ3v) is 6.32. The van der Waals surface area contributed by atoms with Gasteiger partial charge in [0, 0.05) is 38.9 Å². The number of phenolic OH excluding ortho intramolecular Hbond substituents is 1. The molecule has 2 heterocycles. The fourth-order valence-corrected chi connectivity index (χ4v) is 4.58. The molecule has 1 atom stereocenters. The Kier molecular flexibility index (Phi) is 7.34. The van der Waals surface area contributed by atoms with Crippen LogP contribution in [0.3, 0.4) is 0 Å². The van der Waals surface area contributed by atoms with Crippen molar-refractivity contribution in [1.82, 2.24) is 9.80 Å². The summed E-state index contributed by atoms with van der Waals surface area (Å²) in [5, 5.41) is 16.8. The molecule has 2 saturated heterocycles. The minimum Gasteiger partial charge on any atom is -0.508 e. The van der Waals surface area contributed by atoms with Crippen LogP contribution in [0.5, 0.6) is 5.75 Å². The van der Waals surface area contributed by atoms with E-state index in [-0.39, 0.29) is 17.2 Å². The van der Waals surface area contributed by atoms with E-state index in [9.17, 15) is 23.1 Å². The van der Waals surface area contributed by atoms with E-state index < -0.39 is 12.1 Å². The number of hydrogen-bond donors (Lipinski definition) is 2. The molecule has 32 heavy (non-hydrogen) atoms. The Morgan fingerprint density at radius 2 is 1.84 bits per heavy atom. The maximum Gasteiger partial charge on any atom is 0.490 e. The van der Waals surface area contributed by atoms with E-state index in [1.807, 2.05) is 4.90 Å². The van der Waals surface area contributed by atoms with Crippen molar-refractivity contribution in [3.63, 3.8) is 0 Å². The molecular formula is C22H29F3N2O5. The molecule has 1 aromatic carbocycles. The molecule has 1 unspecified atom stereocenters. The van der Waals surface area contributed by atoms with Crippen LogP contribution in [0.1, 0.15) is 36.0 Å². The Hall–Kier alpha value is -2.33. The van der Waals surface area contributed by atoms with Gasteiger partial charge in [-0.3, -0.25) is 9.69 Å². The molecule has 3 fully saturated rings. The zero-order valence-electron chi connectivity index (χ0n) is 18.0. The van der Waals surface area contributed by atoms with E-state index in [0.29, 0.717) is 11.5 Å². The first-order valence-electron chi connectivity index (χ1n) is 10.7. The third-order valence-electron chi connectivity index (χ3n) is 6.32. The summed E-state index contributed by atoms with van der Waals surface area (Å²) in [6, 6.07) is 6.67. The lowest BCUT2D eigenvalue weighted by molar-refractivity contribution is -0.192. The molecule has 2 N–H and O–H groups in total. The Bertz CT molecular complexity index is 822. The molecule has 178 valence electrons. The minimum absolute atomic E-state index is 0.0294. The summed E-state index contributed by atoms with van der Waals surface area (Å²) < 4.78 is 37.1. The number of methoxy groups -OCH3 is 1. The first-order valence-corrected chi connectivity index (χ1v) is 10.7. The summed E-state index contributed by atoms with van der Waals surface area (Å²) in [5.74, 6) is -1.12. The molecule has 0 aromatic heterocycles. The van der Waals surface area contributed by atoms with Crippen molar-refractivity contribution in [1.29, 1.82) is 0 Å². The number of carbonyl (C=O) groups excluding carboxylic acids is 1. The molecule has 10 heteroatoms. The van der Waals surface area contributed by atoms with E-state index in [4.69, 9.17) is 14.6 Å². The molecule has 1 aromatic rings. The summed E-state index contributed by atoms with van der Waals surface area (Å²) in [6.07, 6.45) is -0.0414. The Morgan fingerprint density at radius 3 is 2.38 bits per heavy atom. The number of ether oxygens (including phenoxy) is 1. The van der Waals surface area contributed by atoms with Gasteiger partial charge in [0.25, 0.3) is 5.91 Å². The molecular weight excluding hydrogens is 429 g/mol. The number of benzene rings is 1. The topological polar surface area (TPSA) is 90.3 Å². The standard InChI is InChI=1S/C20H28N2O3.C2HF3O2/c1-25-12-16-7-8-22(11-15-5-6-15)20(10-16)13-21(14-20)19(24)17-3-2-4-18(23)9-17;3-2(4,5)1(6)7/h2-4,9,15-16,23H,5-8,10-14H2,1H3;(H,6,7). The lowest BCUT2D eigenvalue weighted by Crippen LogP contribution is -2.73. The summed E-state index contributed by atoms with van der Waals surface area (Å²) in [7, 11) is 1.78. The number of piperidine rings is 1. The summed E-state index contributed by atoms with van der Waals surface area (Å²) in [6.45, 7) is 4.73. The van der Waals surface area contributed by atoms with Crippen LogP contribution in [-0.4, -0.2) is 83.5 Å². The van der Waals surface area contributed by atoms with Gasteiger partial charge in [0.1, 0.15) is 5.75 Å². The van der Waals surface area contributed by atoms with Crippen molar-refractivity contribution >= 4 is 11.9 Å². The van der Waals surface area contributed by atoms with Gasteiger partial charge in [0.2, 0.25) is 0 Å². The quantitative estimate of drug-likeness (QED) is 0.705. The number of amides is 1. The number of rotatable bonds is 5. The average molecular weight is 458 g/mol. The maximum atomic E-state index is 12.7. The number of phenols is 1. The highest BCUT2D eigenvalue weighted by molar-refractivity contribution is 5.95. The number of nitrogens with zero attached hydrogens (tertiary/aromatic N) is 2. The number of carboxylic acid groups (broad SMARTS) is 1. The van der Waals surface area contributed by atoms with Crippen LogP contribution in [-0.2, 0) is 9.53 Å². The second-order valence-electron chi connectivity index (χ2n) is 8.94. The molecule has 1 amide bonds. The average Bonchev–Trinajstić information content (AvgIpc) is 3.51. The van der Waals surface area contributed by atoms with Crippen molar-refractivity contribution in [3.8, 4) is 5.75 Å². The van der Waals surface area contributed by atoms with Gasteiger partial charge < -0.3 is 19.8 Å². The predicted molar refractivity (Wildman–Crippen MR) is 109 cm³/mol. The third kappa shape index (κ3) is 5.92. The highest BCUT2D eigenvalue weighted by Gasteiger charge is 2.53. The van der Waals surface area contributed by atoms with Crippen LogP contribution in [0.4, 0.5) is 13.2 Å². The zero-order valence-corrected chi connectivity index (χ0v) is 18.0. The highest BCUT2D eigenvalue weighted by atomic mass is 19.4. The Balaban J connectivity index is 0.000000360. The number of aliphatic carboxylic acids is 1. The monoisotopic (exact) mass is 458 g/mol. The number of carboxylic acids is 1. The van der Waals surface area contributed by atoms with Gasteiger partial charge in [-0.25, -0.2) is 4.79 Å². The lowest BCUT2D eigenvalue weighted by Gasteiger charge is -2.59. The first-order chi connectivity index (χ1) is 15.0. The predicted octanol–water partition coefficient (Wildman–Crippen LogP) is 2.99. The summed E-state index contributed by atoms with van der Waals surface area (Å²) in [4.78, 5) is 26.2. The molecule has 1 saturated carbocycles. The van der Waals surface area contributed by atoms with Gasteiger partial charge in [-0.15, -0.1) is 0 Å². The van der Waals surface area contributed by atoms with Crippen molar-refractivity contribution < 1.29 is 37.7 Å². The van der Waals surface area contributed by atoms with Crippen LogP contribution in [0, 0.1) is 11.8 Å². The van der Waals surface area contributed by atoms with Gasteiger partial charge >= 0.3 is 12.1 Å². The van der Waals surface area contributed by atoms with Gasteiger partial charge in [0.15, 0.2) is 0 Å². The number of likely N-dealkylation sites (tertiary alicyclic amines) is 2. The molecule has 4 rings (SSSR count). The van der Waals surface area contributed by atoms with Crippen molar-refractivity contribution in [2.45, 2.75) is 37.4 Å². The summed E-state index contributed by atoms with van der Waals surface area (Å²) >= 11 is 0. The van der Waals surface area contributed by atoms with Crippen LogP contribution in [0.25, 0.3) is 0 Å². The smallest absolute Gasteiger partial charge is 0.490 e. The number of hydrogen-bond acceptors (Lipinski definition) is 5. The molecule has 2 aliphatic heterocycles. The lowest BCUT2D eigenvalue weighted by atomic mass is 9.74. The van der Waals surface area contributed by atoms with Gasteiger partial charge in [-0.05, 0) is 62.3 Å².